The van der Waals surface area contributed by atoms with E-state index < -0.39 is 0 Å². The topological polar surface area (TPSA) is 66.2 Å². The van der Waals surface area contributed by atoms with Gasteiger partial charge < -0.3 is 19.0 Å². The molecule has 4 rings (SSSR count). The highest BCUT2D eigenvalue weighted by atomic mass is 16.5. The Kier molecular flexibility index (Phi) is 8.55. The summed E-state index contributed by atoms with van der Waals surface area (Å²) in [6, 6.07) is 16.7. The number of ketones is 1. The van der Waals surface area contributed by atoms with Crippen molar-refractivity contribution in [1.82, 2.24) is 14.7 Å². The van der Waals surface area contributed by atoms with Crippen molar-refractivity contribution in [3.63, 3.8) is 0 Å². The average molecular weight is 478 g/mol. The molecule has 7 heteroatoms. The lowest BCUT2D eigenvalue weighted by atomic mass is 10.1. The van der Waals surface area contributed by atoms with Gasteiger partial charge in [0, 0.05) is 51.2 Å². The first kappa shape index (κ1) is 24.9. The minimum atomic E-state index is -0.127. The Balaban J connectivity index is 1.11. The number of furan rings is 1. The van der Waals surface area contributed by atoms with Crippen LogP contribution in [0.2, 0.25) is 0 Å². The number of para-hydroxylation sites is 1. The van der Waals surface area contributed by atoms with E-state index in [-0.39, 0.29) is 11.7 Å². The molecule has 3 aromatic rings. The molecule has 1 aromatic heterocycles. The molecule has 0 atom stereocenters. The zero-order valence-corrected chi connectivity index (χ0v) is 20.7. The molecule has 0 spiro atoms. The summed E-state index contributed by atoms with van der Waals surface area (Å²) in [4.78, 5) is 30.9. The fourth-order valence-electron chi connectivity index (χ4n) is 4.25. The van der Waals surface area contributed by atoms with E-state index in [1.165, 1.54) is 0 Å². The lowest BCUT2D eigenvalue weighted by molar-refractivity contribution is -0.130. The molecule has 0 radical (unpaired) electrons. The molecular formula is C28H35N3O4. The molecule has 1 aliphatic rings. The Morgan fingerprint density at radius 3 is 2.34 bits per heavy atom. The smallest absolute Gasteiger partial charge is 0.236 e. The molecule has 7 nitrogen and oxygen atoms in total. The number of ether oxygens (including phenoxy) is 1. The number of hydrogen-bond acceptors (Lipinski definition) is 6. The quantitative estimate of drug-likeness (QED) is 0.308. The lowest BCUT2D eigenvalue weighted by Gasteiger charge is -2.34. The van der Waals surface area contributed by atoms with E-state index in [2.05, 4.69) is 9.80 Å². The van der Waals surface area contributed by atoms with Crippen molar-refractivity contribution in [2.45, 2.75) is 19.3 Å². The number of fused-ring (bicyclic) bond motifs is 1. The highest BCUT2D eigenvalue weighted by Crippen LogP contribution is 2.22. The number of unbranched alkanes of at least 4 members (excludes halogenated alkanes) is 2. The average Bonchev–Trinajstić information content (AvgIpc) is 3.31. The molecule has 0 unspecified atom stereocenters. The van der Waals surface area contributed by atoms with Crippen molar-refractivity contribution in [3.05, 3.63) is 65.9 Å². The van der Waals surface area contributed by atoms with Crippen LogP contribution in [0.1, 0.15) is 35.4 Å². The van der Waals surface area contributed by atoms with E-state index in [0.717, 1.165) is 68.7 Å². The highest BCUT2D eigenvalue weighted by Gasteiger charge is 2.19. The summed E-state index contributed by atoms with van der Waals surface area (Å²) < 4.78 is 11.6. The maximum atomic E-state index is 12.7. The van der Waals surface area contributed by atoms with Crippen molar-refractivity contribution in [2.24, 2.45) is 0 Å². The number of nitrogens with zero attached hydrogens (tertiary/aromatic N) is 3. The van der Waals surface area contributed by atoms with Gasteiger partial charge >= 0.3 is 0 Å². The number of carbonyl (C=O) groups excluding carboxylic acids is 2. The predicted molar refractivity (Wildman–Crippen MR) is 137 cm³/mol. The molecule has 1 aliphatic heterocycles. The van der Waals surface area contributed by atoms with Crippen LogP contribution in [0.3, 0.4) is 0 Å². The monoisotopic (exact) mass is 477 g/mol. The van der Waals surface area contributed by atoms with Crippen molar-refractivity contribution in [2.75, 3.05) is 60.0 Å². The molecule has 2 heterocycles. The second-order valence-corrected chi connectivity index (χ2v) is 9.32. The van der Waals surface area contributed by atoms with Gasteiger partial charge in [-0.05, 0) is 62.2 Å². The Labute approximate surface area is 207 Å². The third-order valence-corrected chi connectivity index (χ3v) is 6.48. The molecule has 1 saturated heterocycles. The summed E-state index contributed by atoms with van der Waals surface area (Å²) in [5, 5.41) is 0.926. The molecule has 0 bridgehead atoms. The summed E-state index contributed by atoms with van der Waals surface area (Å²) in [5.41, 5.74) is 1.30. The zero-order chi connectivity index (χ0) is 24.6. The van der Waals surface area contributed by atoms with Gasteiger partial charge in [0.15, 0.2) is 5.76 Å². The van der Waals surface area contributed by atoms with Crippen molar-refractivity contribution in [3.8, 4) is 5.75 Å². The van der Waals surface area contributed by atoms with E-state index in [4.69, 9.17) is 9.15 Å². The summed E-state index contributed by atoms with van der Waals surface area (Å²) in [5.74, 6) is 1.17. The zero-order valence-electron chi connectivity index (χ0n) is 20.7. The third kappa shape index (κ3) is 6.93. The van der Waals surface area contributed by atoms with Crippen molar-refractivity contribution in [1.29, 1.82) is 0 Å². The lowest BCUT2D eigenvalue weighted by Crippen LogP contribution is -2.49. The van der Waals surface area contributed by atoms with Gasteiger partial charge in [0.1, 0.15) is 11.3 Å². The number of rotatable bonds is 11. The SMILES string of the molecule is CN(C)C(=O)CN1CCN(CCCCCOc2ccc(C(=O)c3cc4ccccc4o3)cc2)CC1. The Hall–Kier alpha value is -3.16. The van der Waals surface area contributed by atoms with Crippen LogP contribution in [0.5, 0.6) is 5.75 Å². The van der Waals surface area contributed by atoms with Crippen LogP contribution >= 0.6 is 0 Å². The van der Waals surface area contributed by atoms with Crippen LogP contribution in [0.15, 0.2) is 59.0 Å². The largest absolute Gasteiger partial charge is 0.494 e. The van der Waals surface area contributed by atoms with Gasteiger partial charge in [-0.1, -0.05) is 18.2 Å². The van der Waals surface area contributed by atoms with Gasteiger partial charge in [0.2, 0.25) is 11.7 Å². The van der Waals surface area contributed by atoms with Gasteiger partial charge in [-0.3, -0.25) is 14.5 Å². The van der Waals surface area contributed by atoms with E-state index in [1.54, 1.807) is 23.1 Å². The van der Waals surface area contributed by atoms with Crippen LogP contribution in [0.25, 0.3) is 11.0 Å². The first-order valence-corrected chi connectivity index (χ1v) is 12.4. The van der Waals surface area contributed by atoms with Gasteiger partial charge in [0.25, 0.3) is 0 Å². The Bertz CT molecular complexity index is 1080. The van der Waals surface area contributed by atoms with Crippen LogP contribution in [0, 0.1) is 0 Å². The third-order valence-electron chi connectivity index (χ3n) is 6.48. The first-order valence-electron chi connectivity index (χ1n) is 12.4. The van der Waals surface area contributed by atoms with Crippen molar-refractivity contribution < 1.29 is 18.7 Å². The number of hydrogen-bond donors (Lipinski definition) is 0. The number of carbonyl (C=O) groups is 2. The molecule has 0 N–H and O–H groups in total. The van der Waals surface area contributed by atoms with Gasteiger partial charge in [0.05, 0.1) is 13.2 Å². The fourth-order valence-corrected chi connectivity index (χ4v) is 4.25. The fraction of sp³-hybridized carbons (Fsp3) is 0.429. The van der Waals surface area contributed by atoms with E-state index >= 15 is 0 Å². The summed E-state index contributed by atoms with van der Waals surface area (Å²) in [6.07, 6.45) is 3.25. The molecule has 1 amide bonds. The molecule has 0 saturated carbocycles. The molecule has 2 aromatic carbocycles. The first-order chi connectivity index (χ1) is 17.0. The van der Waals surface area contributed by atoms with Crippen LogP contribution in [-0.4, -0.2) is 86.4 Å². The standard InChI is InChI=1S/C28H35N3O4/c1-29(2)27(32)21-31-17-15-30(16-18-31)14-6-3-7-19-34-24-12-10-22(11-13-24)28(33)26-20-23-8-4-5-9-25(23)35-26/h4-5,8-13,20H,3,6-7,14-19,21H2,1-2H3. The van der Waals surface area contributed by atoms with Crippen molar-refractivity contribution >= 4 is 22.7 Å². The van der Waals surface area contributed by atoms with Crippen LogP contribution in [0.4, 0.5) is 0 Å². The van der Waals surface area contributed by atoms with Gasteiger partial charge in [-0.2, -0.15) is 0 Å². The second-order valence-electron chi connectivity index (χ2n) is 9.32. The Morgan fingerprint density at radius 1 is 0.914 bits per heavy atom. The summed E-state index contributed by atoms with van der Waals surface area (Å²) in [7, 11) is 3.62. The summed E-state index contributed by atoms with van der Waals surface area (Å²) >= 11 is 0. The molecule has 0 aliphatic carbocycles. The second kappa shape index (κ2) is 12.0. The maximum Gasteiger partial charge on any atom is 0.236 e. The number of likely N-dealkylation sites (N-methyl/N-ethyl adjacent to an activating group) is 1. The molecule has 186 valence electrons. The minimum Gasteiger partial charge on any atom is -0.494 e. The highest BCUT2D eigenvalue weighted by molar-refractivity contribution is 6.09. The van der Waals surface area contributed by atoms with Gasteiger partial charge in [-0.15, -0.1) is 0 Å². The number of amides is 1. The molecule has 35 heavy (non-hydrogen) atoms. The minimum absolute atomic E-state index is 0.127. The number of benzene rings is 2. The van der Waals surface area contributed by atoms with E-state index in [1.807, 2.05) is 50.5 Å². The molecular weight excluding hydrogens is 442 g/mol. The maximum absolute atomic E-state index is 12.7. The van der Waals surface area contributed by atoms with E-state index in [9.17, 15) is 9.59 Å². The van der Waals surface area contributed by atoms with Crippen LogP contribution < -0.4 is 4.74 Å². The Morgan fingerprint density at radius 2 is 1.63 bits per heavy atom. The number of piperazine rings is 1. The molecule has 1 fully saturated rings. The van der Waals surface area contributed by atoms with Crippen LogP contribution in [-0.2, 0) is 4.79 Å². The summed E-state index contributed by atoms with van der Waals surface area (Å²) in [6.45, 7) is 6.24. The van der Waals surface area contributed by atoms with E-state index in [0.29, 0.717) is 24.5 Å². The normalized spacial score (nSPS) is 14.8. The van der Waals surface area contributed by atoms with Gasteiger partial charge in [-0.25, -0.2) is 0 Å². The predicted octanol–water partition coefficient (Wildman–Crippen LogP) is 3.92.